The van der Waals surface area contributed by atoms with Crippen molar-refractivity contribution < 1.29 is 19.8 Å². The second kappa shape index (κ2) is 8.86. The highest BCUT2D eigenvalue weighted by Gasteiger charge is 2.46. The van der Waals surface area contributed by atoms with Crippen molar-refractivity contribution >= 4 is 11.8 Å². The molecule has 4 atom stereocenters. The van der Waals surface area contributed by atoms with Crippen molar-refractivity contribution in [1.29, 1.82) is 0 Å². The highest BCUT2D eigenvalue weighted by atomic mass is 16.4. The minimum Gasteiger partial charge on any atom is -0.481 e. The lowest BCUT2D eigenvalue weighted by molar-refractivity contribution is -0.137. The normalized spacial score (nSPS) is 32.9. The Morgan fingerprint density at radius 1 is 1.12 bits per heavy atom. The van der Waals surface area contributed by atoms with Crippen LogP contribution < -0.4 is 0 Å². The zero-order chi connectivity index (χ0) is 18.5. The molecular formula is C22H30O4. The number of Topliss-reactive ketones (excluding diaryl/α,β-unsaturated/α-hetero) is 1. The number of carbonyl (C=O) groups excluding carboxylic acids is 1. The Kier molecular flexibility index (Phi) is 6.53. The van der Waals surface area contributed by atoms with E-state index in [-0.39, 0.29) is 24.0 Å². The Hall–Kier alpha value is -1.60. The molecule has 0 aliphatic heterocycles. The van der Waals surface area contributed by atoms with E-state index in [4.69, 9.17) is 5.11 Å². The number of carboxylic acid groups (broad SMARTS) is 1. The van der Waals surface area contributed by atoms with E-state index in [0.29, 0.717) is 18.3 Å². The Balaban J connectivity index is 1.55. The Labute approximate surface area is 156 Å². The van der Waals surface area contributed by atoms with Crippen molar-refractivity contribution in [2.75, 3.05) is 0 Å². The largest absolute Gasteiger partial charge is 0.481 e. The SMILES string of the molecule is O=C(O)CCCC=C1C[C@H]2[C@H](C#CC(=O)C3CCCCC3)[C@@H](O)CC[C@@H]12. The van der Waals surface area contributed by atoms with E-state index in [2.05, 4.69) is 17.9 Å². The van der Waals surface area contributed by atoms with Crippen molar-refractivity contribution in [3.63, 3.8) is 0 Å². The number of aliphatic hydroxyl groups excluding tert-OH is 1. The van der Waals surface area contributed by atoms with Gasteiger partial charge in [-0.15, -0.1) is 0 Å². The molecule has 3 aliphatic rings. The second-order valence-corrected chi connectivity index (χ2v) is 8.18. The molecule has 0 amide bonds. The smallest absolute Gasteiger partial charge is 0.303 e. The highest BCUT2D eigenvalue weighted by Crippen LogP contribution is 2.51. The summed E-state index contributed by atoms with van der Waals surface area (Å²) in [5, 5.41) is 19.1. The van der Waals surface area contributed by atoms with Gasteiger partial charge in [-0.1, -0.05) is 36.8 Å². The molecule has 26 heavy (non-hydrogen) atoms. The first kappa shape index (κ1) is 19.2. The first-order chi connectivity index (χ1) is 12.6. The van der Waals surface area contributed by atoms with Gasteiger partial charge in [0.1, 0.15) is 0 Å². The average Bonchev–Trinajstić information content (AvgIpc) is 2.62. The van der Waals surface area contributed by atoms with Gasteiger partial charge >= 0.3 is 5.97 Å². The summed E-state index contributed by atoms with van der Waals surface area (Å²) >= 11 is 0. The molecule has 3 saturated carbocycles. The van der Waals surface area contributed by atoms with E-state index < -0.39 is 12.1 Å². The van der Waals surface area contributed by atoms with Crippen LogP contribution in [0.5, 0.6) is 0 Å². The summed E-state index contributed by atoms with van der Waals surface area (Å²) in [5.41, 5.74) is 1.40. The number of allylic oxidation sites excluding steroid dienone is 2. The van der Waals surface area contributed by atoms with Crippen LogP contribution in [-0.2, 0) is 9.59 Å². The molecule has 0 saturated heterocycles. The first-order valence-electron chi connectivity index (χ1n) is 10.2. The molecule has 4 nitrogen and oxygen atoms in total. The maximum absolute atomic E-state index is 12.3. The van der Waals surface area contributed by atoms with E-state index >= 15 is 0 Å². The van der Waals surface area contributed by atoms with Gasteiger partial charge < -0.3 is 10.2 Å². The summed E-state index contributed by atoms with van der Waals surface area (Å²) in [5.74, 6) is 6.21. The highest BCUT2D eigenvalue weighted by molar-refractivity contribution is 5.97. The van der Waals surface area contributed by atoms with Crippen molar-refractivity contribution in [2.24, 2.45) is 23.7 Å². The Morgan fingerprint density at radius 3 is 2.62 bits per heavy atom. The number of hydrogen-bond acceptors (Lipinski definition) is 3. The predicted octanol–water partition coefficient (Wildman–Crippen LogP) is 3.73. The summed E-state index contributed by atoms with van der Waals surface area (Å²) in [6, 6.07) is 0. The molecule has 0 unspecified atom stereocenters. The summed E-state index contributed by atoms with van der Waals surface area (Å²) in [6.45, 7) is 0. The van der Waals surface area contributed by atoms with Crippen LogP contribution in [0.3, 0.4) is 0 Å². The van der Waals surface area contributed by atoms with Crippen molar-refractivity contribution in [3.8, 4) is 11.8 Å². The van der Waals surface area contributed by atoms with Crippen LogP contribution in [0.2, 0.25) is 0 Å². The van der Waals surface area contributed by atoms with E-state index in [1.54, 1.807) is 0 Å². The van der Waals surface area contributed by atoms with Gasteiger partial charge in [0, 0.05) is 12.3 Å². The van der Waals surface area contributed by atoms with Crippen molar-refractivity contribution in [3.05, 3.63) is 11.6 Å². The molecule has 0 aromatic carbocycles. The Bertz CT molecular complexity index is 618. The molecule has 0 spiro atoms. The lowest BCUT2D eigenvalue weighted by Crippen LogP contribution is -2.44. The zero-order valence-corrected chi connectivity index (χ0v) is 15.5. The number of hydrogen-bond donors (Lipinski definition) is 2. The number of aliphatic hydroxyl groups is 1. The number of carbonyl (C=O) groups is 2. The van der Waals surface area contributed by atoms with Crippen molar-refractivity contribution in [2.45, 2.75) is 76.7 Å². The van der Waals surface area contributed by atoms with Gasteiger partial charge in [-0.3, -0.25) is 9.59 Å². The number of carboxylic acids is 1. The lowest BCUT2D eigenvalue weighted by Gasteiger charge is -2.48. The molecule has 3 aliphatic carbocycles. The predicted molar refractivity (Wildman–Crippen MR) is 99.3 cm³/mol. The molecule has 0 aromatic rings. The number of fused-ring (bicyclic) bond motifs is 1. The monoisotopic (exact) mass is 358 g/mol. The van der Waals surface area contributed by atoms with Crippen LogP contribution in [0.15, 0.2) is 11.6 Å². The van der Waals surface area contributed by atoms with Gasteiger partial charge in [0.05, 0.1) is 12.0 Å². The number of aliphatic carboxylic acids is 1. The number of ketones is 1. The standard InChI is InChI=1S/C22H30O4/c23-20(15-6-2-1-3-7-15)12-11-18-19-14-16(8-4-5-9-22(25)26)17(19)10-13-21(18)24/h8,15,17-19,21,24H,1-7,9-10,13-14H2,(H,25,26)/t17-,18-,19+,21-/m0/s1. The third-order valence-corrected chi connectivity index (χ3v) is 6.45. The van der Waals surface area contributed by atoms with Crippen LogP contribution in [-0.4, -0.2) is 28.1 Å². The zero-order valence-electron chi connectivity index (χ0n) is 15.5. The van der Waals surface area contributed by atoms with Crippen LogP contribution >= 0.6 is 0 Å². The molecule has 2 N–H and O–H groups in total. The van der Waals surface area contributed by atoms with Gasteiger partial charge in [-0.2, -0.15) is 0 Å². The van der Waals surface area contributed by atoms with Crippen LogP contribution in [0.4, 0.5) is 0 Å². The summed E-state index contributed by atoms with van der Waals surface area (Å²) in [4.78, 5) is 22.9. The maximum Gasteiger partial charge on any atom is 0.303 e. The van der Waals surface area contributed by atoms with E-state index in [1.165, 1.54) is 12.0 Å². The van der Waals surface area contributed by atoms with Crippen LogP contribution in [0.1, 0.15) is 70.6 Å². The molecule has 3 rings (SSSR count). The summed E-state index contributed by atoms with van der Waals surface area (Å²) < 4.78 is 0. The molecule has 0 heterocycles. The maximum atomic E-state index is 12.3. The fourth-order valence-electron chi connectivity index (χ4n) is 4.87. The molecule has 142 valence electrons. The third kappa shape index (κ3) is 4.57. The van der Waals surface area contributed by atoms with E-state index in [9.17, 15) is 14.7 Å². The van der Waals surface area contributed by atoms with Crippen LogP contribution in [0, 0.1) is 35.5 Å². The topological polar surface area (TPSA) is 74.6 Å². The van der Waals surface area contributed by atoms with Gasteiger partial charge in [0.25, 0.3) is 0 Å². The average molecular weight is 358 g/mol. The molecule has 0 radical (unpaired) electrons. The third-order valence-electron chi connectivity index (χ3n) is 6.45. The summed E-state index contributed by atoms with van der Waals surface area (Å²) in [7, 11) is 0. The quantitative estimate of drug-likeness (QED) is 0.340. The molecular weight excluding hydrogens is 328 g/mol. The molecule has 0 bridgehead atoms. The van der Waals surface area contributed by atoms with Gasteiger partial charge in [-0.05, 0) is 62.7 Å². The second-order valence-electron chi connectivity index (χ2n) is 8.18. The first-order valence-corrected chi connectivity index (χ1v) is 10.2. The molecule has 3 fully saturated rings. The van der Waals surface area contributed by atoms with E-state index in [1.807, 2.05) is 0 Å². The minimum absolute atomic E-state index is 0.0720. The number of rotatable bonds is 5. The fourth-order valence-corrected chi connectivity index (χ4v) is 4.87. The van der Waals surface area contributed by atoms with Gasteiger partial charge in [0.15, 0.2) is 0 Å². The molecule has 4 heteroatoms. The molecule has 0 aromatic heterocycles. The lowest BCUT2D eigenvalue weighted by atomic mass is 9.57. The van der Waals surface area contributed by atoms with Gasteiger partial charge in [0.2, 0.25) is 5.78 Å². The number of unbranched alkanes of at least 4 members (excludes halogenated alkanes) is 1. The summed E-state index contributed by atoms with van der Waals surface area (Å²) in [6.07, 6.45) is 11.6. The van der Waals surface area contributed by atoms with Crippen molar-refractivity contribution in [1.82, 2.24) is 0 Å². The fraction of sp³-hybridized carbons (Fsp3) is 0.727. The van der Waals surface area contributed by atoms with E-state index in [0.717, 1.165) is 51.4 Å². The minimum atomic E-state index is -0.742. The van der Waals surface area contributed by atoms with Gasteiger partial charge in [-0.25, -0.2) is 0 Å². The Morgan fingerprint density at radius 2 is 1.88 bits per heavy atom. The van der Waals surface area contributed by atoms with Crippen LogP contribution in [0.25, 0.3) is 0 Å².